The molecule has 2 aromatic rings. The standard InChI is InChI=1S/C21H21F2NO4/c1-2-27-8-6-24-21(26)16-4-3-13(10-18(16)22)9-14-11-15(12-25)19(23)17-5-7-28-20(14)17/h3-4,10-12H,2,5-9H2,1H3,(H,24,26). The molecule has 0 bridgehead atoms. The maximum absolute atomic E-state index is 14.4. The van der Waals surface area contributed by atoms with Gasteiger partial charge in [0.15, 0.2) is 6.29 Å². The van der Waals surface area contributed by atoms with Crippen molar-refractivity contribution in [3.63, 3.8) is 0 Å². The molecule has 0 aromatic heterocycles. The molecule has 1 aliphatic heterocycles. The Bertz CT molecular complexity index is 898. The second-order valence-corrected chi connectivity index (χ2v) is 6.41. The van der Waals surface area contributed by atoms with Crippen molar-refractivity contribution in [1.29, 1.82) is 0 Å². The number of fused-ring (bicyclic) bond motifs is 1. The molecular weight excluding hydrogens is 368 g/mol. The van der Waals surface area contributed by atoms with Gasteiger partial charge in [0.05, 0.1) is 24.3 Å². The number of hydrogen-bond donors (Lipinski definition) is 1. The van der Waals surface area contributed by atoms with Gasteiger partial charge in [-0.3, -0.25) is 9.59 Å². The van der Waals surface area contributed by atoms with Gasteiger partial charge in [-0.05, 0) is 36.2 Å². The van der Waals surface area contributed by atoms with E-state index in [1.807, 2.05) is 6.92 Å². The van der Waals surface area contributed by atoms with Gasteiger partial charge in [-0.1, -0.05) is 6.07 Å². The summed E-state index contributed by atoms with van der Waals surface area (Å²) in [6.45, 7) is 3.39. The molecule has 0 atom stereocenters. The third-order valence-corrected chi connectivity index (χ3v) is 4.55. The van der Waals surface area contributed by atoms with Crippen molar-refractivity contribution in [3.8, 4) is 5.75 Å². The van der Waals surface area contributed by atoms with Crippen molar-refractivity contribution in [1.82, 2.24) is 5.32 Å². The van der Waals surface area contributed by atoms with Crippen molar-refractivity contribution < 1.29 is 27.8 Å². The first-order chi connectivity index (χ1) is 13.5. The SMILES string of the molecule is CCOCCNC(=O)c1ccc(Cc2cc(C=O)c(F)c3c2OCC3)cc1F. The Hall–Kier alpha value is -2.80. The van der Waals surface area contributed by atoms with E-state index >= 15 is 0 Å². The molecule has 0 unspecified atom stereocenters. The van der Waals surface area contributed by atoms with Crippen LogP contribution in [-0.2, 0) is 17.6 Å². The first-order valence-corrected chi connectivity index (χ1v) is 9.11. The van der Waals surface area contributed by atoms with Crippen LogP contribution in [0.1, 0.15) is 44.3 Å². The molecule has 2 aromatic carbocycles. The minimum atomic E-state index is -0.651. The van der Waals surface area contributed by atoms with Crippen LogP contribution in [0.3, 0.4) is 0 Å². The van der Waals surface area contributed by atoms with Crippen LogP contribution in [0.25, 0.3) is 0 Å². The number of aldehydes is 1. The van der Waals surface area contributed by atoms with Gasteiger partial charge in [-0.25, -0.2) is 8.78 Å². The molecule has 148 valence electrons. The third kappa shape index (κ3) is 4.20. The number of carbonyl (C=O) groups excluding carboxylic acids is 2. The number of hydrogen-bond acceptors (Lipinski definition) is 4. The number of nitrogens with one attached hydrogen (secondary N) is 1. The Morgan fingerprint density at radius 1 is 1.32 bits per heavy atom. The minimum Gasteiger partial charge on any atom is -0.493 e. The molecule has 0 saturated carbocycles. The lowest BCUT2D eigenvalue weighted by molar-refractivity contribution is 0.0918. The zero-order valence-electron chi connectivity index (χ0n) is 15.5. The highest BCUT2D eigenvalue weighted by Crippen LogP contribution is 2.35. The summed E-state index contributed by atoms with van der Waals surface area (Å²) in [5.74, 6) is -1.31. The van der Waals surface area contributed by atoms with E-state index in [4.69, 9.17) is 9.47 Å². The van der Waals surface area contributed by atoms with E-state index in [-0.39, 0.29) is 17.5 Å². The summed E-state index contributed by atoms with van der Waals surface area (Å²) in [4.78, 5) is 23.2. The summed E-state index contributed by atoms with van der Waals surface area (Å²) in [5, 5.41) is 2.59. The summed E-state index contributed by atoms with van der Waals surface area (Å²) in [7, 11) is 0. The van der Waals surface area contributed by atoms with Crippen molar-refractivity contribution in [2.24, 2.45) is 0 Å². The fourth-order valence-corrected chi connectivity index (χ4v) is 3.21. The quantitative estimate of drug-likeness (QED) is 0.557. The zero-order valence-corrected chi connectivity index (χ0v) is 15.5. The van der Waals surface area contributed by atoms with E-state index in [0.29, 0.717) is 61.5 Å². The van der Waals surface area contributed by atoms with Crippen LogP contribution in [0, 0.1) is 11.6 Å². The first kappa shape index (κ1) is 19.9. The number of rotatable bonds is 8. The van der Waals surface area contributed by atoms with Crippen molar-refractivity contribution >= 4 is 12.2 Å². The smallest absolute Gasteiger partial charge is 0.254 e. The highest BCUT2D eigenvalue weighted by Gasteiger charge is 2.24. The molecule has 1 heterocycles. The molecule has 1 aliphatic rings. The maximum Gasteiger partial charge on any atom is 0.254 e. The average molecular weight is 389 g/mol. The predicted molar refractivity (Wildman–Crippen MR) is 99.0 cm³/mol. The summed E-state index contributed by atoms with van der Waals surface area (Å²) in [6, 6.07) is 5.74. The fourth-order valence-electron chi connectivity index (χ4n) is 3.21. The highest BCUT2D eigenvalue weighted by atomic mass is 19.1. The van der Waals surface area contributed by atoms with Crippen molar-refractivity contribution in [2.75, 3.05) is 26.4 Å². The van der Waals surface area contributed by atoms with E-state index in [9.17, 15) is 18.4 Å². The van der Waals surface area contributed by atoms with Crippen LogP contribution in [0.4, 0.5) is 8.78 Å². The molecule has 1 amide bonds. The minimum absolute atomic E-state index is 0.0370. The van der Waals surface area contributed by atoms with Gasteiger partial charge >= 0.3 is 0 Å². The second-order valence-electron chi connectivity index (χ2n) is 6.41. The molecule has 3 rings (SSSR count). The zero-order chi connectivity index (χ0) is 20.1. The van der Waals surface area contributed by atoms with Crippen LogP contribution >= 0.6 is 0 Å². The lowest BCUT2D eigenvalue weighted by Gasteiger charge is -2.12. The number of benzene rings is 2. The molecule has 1 N–H and O–H groups in total. The summed E-state index contributed by atoms with van der Waals surface area (Å²) in [5.41, 5.74) is 1.48. The lowest BCUT2D eigenvalue weighted by Crippen LogP contribution is -2.28. The van der Waals surface area contributed by atoms with Crippen LogP contribution in [-0.4, -0.2) is 38.6 Å². The molecule has 0 fully saturated rings. The molecule has 0 radical (unpaired) electrons. The van der Waals surface area contributed by atoms with E-state index in [0.717, 1.165) is 0 Å². The van der Waals surface area contributed by atoms with Crippen LogP contribution in [0.5, 0.6) is 5.75 Å². The molecule has 0 aliphatic carbocycles. The van der Waals surface area contributed by atoms with Gasteiger partial charge in [0.1, 0.15) is 17.4 Å². The Kier molecular flexibility index (Phi) is 6.36. The summed E-state index contributed by atoms with van der Waals surface area (Å²) in [6.07, 6.45) is 1.12. The van der Waals surface area contributed by atoms with Crippen molar-refractivity contribution in [2.45, 2.75) is 19.8 Å². The van der Waals surface area contributed by atoms with Crippen molar-refractivity contribution in [3.05, 3.63) is 63.7 Å². The average Bonchev–Trinajstić information content (AvgIpc) is 3.18. The number of carbonyl (C=O) groups is 2. The molecule has 0 saturated heterocycles. The van der Waals surface area contributed by atoms with E-state index in [1.165, 1.54) is 18.2 Å². The fraction of sp³-hybridized carbons (Fsp3) is 0.333. The first-order valence-electron chi connectivity index (χ1n) is 9.11. The predicted octanol–water partition coefficient (Wildman–Crippen LogP) is 3.07. The van der Waals surface area contributed by atoms with Gasteiger partial charge in [0.25, 0.3) is 5.91 Å². The highest BCUT2D eigenvalue weighted by molar-refractivity contribution is 5.94. The normalized spacial score (nSPS) is 12.4. The van der Waals surface area contributed by atoms with Gasteiger partial charge in [-0.2, -0.15) is 0 Å². The number of halogens is 2. The molecular formula is C21H21F2NO4. The van der Waals surface area contributed by atoms with Crippen LogP contribution in [0.15, 0.2) is 24.3 Å². The Morgan fingerprint density at radius 3 is 2.86 bits per heavy atom. The van der Waals surface area contributed by atoms with Gasteiger partial charge in [0.2, 0.25) is 0 Å². The van der Waals surface area contributed by atoms with E-state index in [1.54, 1.807) is 6.07 Å². The number of amides is 1. The Balaban J connectivity index is 1.78. The topological polar surface area (TPSA) is 64.6 Å². The Morgan fingerprint density at radius 2 is 2.14 bits per heavy atom. The lowest BCUT2D eigenvalue weighted by atomic mass is 9.97. The van der Waals surface area contributed by atoms with E-state index in [2.05, 4.69) is 5.32 Å². The molecule has 28 heavy (non-hydrogen) atoms. The largest absolute Gasteiger partial charge is 0.493 e. The molecule has 7 heteroatoms. The van der Waals surface area contributed by atoms with Gasteiger partial charge in [-0.15, -0.1) is 0 Å². The third-order valence-electron chi connectivity index (χ3n) is 4.55. The number of ether oxygens (including phenoxy) is 2. The van der Waals surface area contributed by atoms with Crippen LogP contribution < -0.4 is 10.1 Å². The van der Waals surface area contributed by atoms with E-state index < -0.39 is 17.5 Å². The maximum atomic E-state index is 14.4. The second kappa shape index (κ2) is 8.93. The summed E-state index contributed by atoms with van der Waals surface area (Å²) < 4.78 is 39.3. The molecule has 5 nitrogen and oxygen atoms in total. The molecule has 0 spiro atoms. The summed E-state index contributed by atoms with van der Waals surface area (Å²) >= 11 is 0. The monoisotopic (exact) mass is 389 g/mol. The van der Waals surface area contributed by atoms with Gasteiger partial charge in [0, 0.05) is 31.6 Å². The Labute approximate surface area is 161 Å². The van der Waals surface area contributed by atoms with Gasteiger partial charge < -0.3 is 14.8 Å². The van der Waals surface area contributed by atoms with Crippen LogP contribution in [0.2, 0.25) is 0 Å².